The van der Waals surface area contributed by atoms with E-state index in [1.807, 2.05) is 38.1 Å². The van der Waals surface area contributed by atoms with Crippen LogP contribution in [0.15, 0.2) is 54.6 Å². The van der Waals surface area contributed by atoms with Crippen LogP contribution >= 0.6 is 0 Å². The van der Waals surface area contributed by atoms with Gasteiger partial charge in [-0.25, -0.2) is 0 Å². The summed E-state index contributed by atoms with van der Waals surface area (Å²) in [6.45, 7) is 6.03. The van der Waals surface area contributed by atoms with E-state index < -0.39 is 23.2 Å². The second kappa shape index (κ2) is 8.75. The Hall–Kier alpha value is -3.41. The van der Waals surface area contributed by atoms with Gasteiger partial charge in [0.15, 0.2) is 0 Å². The summed E-state index contributed by atoms with van der Waals surface area (Å²) < 4.78 is 42.7. The van der Waals surface area contributed by atoms with Gasteiger partial charge < -0.3 is 15.5 Å². The number of hydrogen-bond acceptors (Lipinski definition) is 4. The lowest BCUT2D eigenvalue weighted by Crippen LogP contribution is -2.50. The first-order chi connectivity index (χ1) is 16.1. The first-order valence-corrected chi connectivity index (χ1v) is 11.1. The molecule has 1 aliphatic heterocycles. The molecule has 0 spiro atoms. The minimum absolute atomic E-state index is 0.0409. The van der Waals surface area contributed by atoms with Gasteiger partial charge in [-0.2, -0.15) is 18.4 Å². The van der Waals surface area contributed by atoms with Crippen molar-refractivity contribution >= 4 is 22.4 Å². The number of fused-ring (bicyclic) bond motifs is 2. The third-order valence-electron chi connectivity index (χ3n) is 6.56. The van der Waals surface area contributed by atoms with Crippen molar-refractivity contribution in [3.05, 3.63) is 76.9 Å². The van der Waals surface area contributed by atoms with Crippen LogP contribution in [0.4, 0.5) is 18.9 Å². The number of carbonyl (C=O) groups is 1. The number of likely N-dealkylation sites (N-methyl/N-ethyl adjacent to an activating group) is 1. The van der Waals surface area contributed by atoms with Crippen molar-refractivity contribution in [3.63, 3.8) is 0 Å². The number of anilines is 1. The van der Waals surface area contributed by atoms with Crippen molar-refractivity contribution in [2.45, 2.75) is 25.6 Å². The van der Waals surface area contributed by atoms with E-state index in [2.05, 4.69) is 4.90 Å². The van der Waals surface area contributed by atoms with E-state index >= 15 is 0 Å². The number of halogens is 3. The van der Waals surface area contributed by atoms with E-state index in [9.17, 15) is 23.2 Å². The van der Waals surface area contributed by atoms with Gasteiger partial charge in [-0.05, 0) is 47.6 Å². The lowest BCUT2D eigenvalue weighted by molar-refractivity contribution is -0.138. The molecule has 0 bridgehead atoms. The fourth-order valence-corrected chi connectivity index (χ4v) is 4.68. The highest BCUT2D eigenvalue weighted by Gasteiger charge is 2.54. The van der Waals surface area contributed by atoms with Crippen molar-refractivity contribution in [1.82, 2.24) is 4.90 Å². The molecule has 1 amide bonds. The van der Waals surface area contributed by atoms with E-state index in [1.54, 1.807) is 24.3 Å². The largest absolute Gasteiger partial charge is 0.416 e. The van der Waals surface area contributed by atoms with Gasteiger partial charge >= 0.3 is 6.18 Å². The fourth-order valence-electron chi connectivity index (χ4n) is 4.68. The Labute approximate surface area is 196 Å². The van der Waals surface area contributed by atoms with Crippen LogP contribution in [0.25, 0.3) is 10.8 Å². The number of alkyl halides is 3. The molecule has 0 radical (unpaired) electrons. The summed E-state index contributed by atoms with van der Waals surface area (Å²) in [6.07, 6.45) is -4.80. The maximum absolute atomic E-state index is 14.2. The van der Waals surface area contributed by atoms with Gasteiger partial charge in [-0.1, -0.05) is 50.2 Å². The van der Waals surface area contributed by atoms with Gasteiger partial charge in [0.25, 0.3) is 5.91 Å². The van der Waals surface area contributed by atoms with Gasteiger partial charge in [0.05, 0.1) is 22.9 Å². The lowest BCUT2D eigenvalue weighted by Gasteiger charge is -2.27. The standard InChI is InChI=1S/C26H25F3N4O/c1-3-32(4-2)11-12-33-22-14-17(16-30)13-21(26(27,28)29)23(22)25(31,24(33)34)20-10-9-18-7-5-6-8-19(18)15-20/h5-10,13-15H,3-4,11-12,31H2,1-2H3. The van der Waals surface area contributed by atoms with Crippen molar-refractivity contribution in [1.29, 1.82) is 5.26 Å². The molecule has 1 unspecified atom stereocenters. The minimum Gasteiger partial charge on any atom is -0.310 e. The SMILES string of the molecule is CCN(CC)CCN1C(=O)C(N)(c2ccc3ccccc3c2)c2c1cc(C#N)cc2C(F)(F)F. The Morgan fingerprint density at radius 2 is 1.74 bits per heavy atom. The molecule has 3 aromatic carbocycles. The summed E-state index contributed by atoms with van der Waals surface area (Å²) in [6, 6.07) is 16.3. The van der Waals surface area contributed by atoms with Crippen molar-refractivity contribution in [2.24, 2.45) is 5.73 Å². The highest BCUT2D eigenvalue weighted by molar-refractivity contribution is 6.11. The van der Waals surface area contributed by atoms with E-state index in [4.69, 9.17) is 5.73 Å². The van der Waals surface area contributed by atoms with Gasteiger partial charge in [0, 0.05) is 18.7 Å². The van der Waals surface area contributed by atoms with Gasteiger partial charge in [0.2, 0.25) is 0 Å². The van der Waals surface area contributed by atoms with Crippen LogP contribution in [0.2, 0.25) is 0 Å². The Morgan fingerprint density at radius 3 is 2.35 bits per heavy atom. The van der Waals surface area contributed by atoms with Crippen LogP contribution in [0.3, 0.4) is 0 Å². The average Bonchev–Trinajstić information content (AvgIpc) is 3.05. The molecule has 0 aliphatic carbocycles. The number of nitrogens with zero attached hydrogens (tertiary/aromatic N) is 3. The number of nitriles is 1. The molecule has 5 nitrogen and oxygen atoms in total. The first kappa shape index (κ1) is 23.7. The van der Waals surface area contributed by atoms with Crippen LogP contribution in [0.5, 0.6) is 0 Å². The molecule has 34 heavy (non-hydrogen) atoms. The van der Waals surface area contributed by atoms with Gasteiger partial charge in [-0.3, -0.25) is 4.79 Å². The molecule has 176 valence electrons. The second-order valence-corrected chi connectivity index (χ2v) is 8.38. The molecular formula is C26H25F3N4O. The topological polar surface area (TPSA) is 73.4 Å². The molecule has 1 heterocycles. The maximum Gasteiger partial charge on any atom is 0.416 e. The van der Waals surface area contributed by atoms with Crippen molar-refractivity contribution in [3.8, 4) is 6.07 Å². The highest BCUT2D eigenvalue weighted by atomic mass is 19.4. The molecule has 3 aromatic rings. The average molecular weight is 467 g/mol. The van der Waals surface area contributed by atoms with Crippen LogP contribution in [-0.4, -0.2) is 37.0 Å². The Balaban J connectivity index is 1.96. The zero-order chi connectivity index (χ0) is 24.7. The zero-order valence-electron chi connectivity index (χ0n) is 19.0. The van der Waals surface area contributed by atoms with Crippen molar-refractivity contribution in [2.75, 3.05) is 31.1 Å². The van der Waals surface area contributed by atoms with Crippen LogP contribution in [0, 0.1) is 11.3 Å². The third kappa shape index (κ3) is 3.81. The normalized spacial score (nSPS) is 17.9. The van der Waals surface area contributed by atoms with Crippen molar-refractivity contribution < 1.29 is 18.0 Å². The maximum atomic E-state index is 14.2. The van der Waals surface area contributed by atoms with Gasteiger partial charge in [-0.15, -0.1) is 0 Å². The molecule has 0 saturated carbocycles. The predicted molar refractivity (Wildman–Crippen MR) is 125 cm³/mol. The number of benzene rings is 3. The molecule has 2 N–H and O–H groups in total. The number of carbonyl (C=O) groups excluding carboxylic acids is 1. The van der Waals surface area contributed by atoms with E-state index in [1.165, 1.54) is 11.0 Å². The molecule has 0 fully saturated rings. The molecule has 8 heteroatoms. The second-order valence-electron chi connectivity index (χ2n) is 8.38. The number of rotatable bonds is 6. The minimum atomic E-state index is -4.80. The Morgan fingerprint density at radius 1 is 1.06 bits per heavy atom. The molecule has 0 aromatic heterocycles. The summed E-state index contributed by atoms with van der Waals surface area (Å²) in [7, 11) is 0. The third-order valence-corrected chi connectivity index (χ3v) is 6.56. The van der Waals surface area contributed by atoms with Crippen LogP contribution in [0.1, 0.15) is 36.1 Å². The van der Waals surface area contributed by atoms with E-state index in [0.717, 1.165) is 29.9 Å². The summed E-state index contributed by atoms with van der Waals surface area (Å²) in [5.41, 5.74) is 3.43. The van der Waals surface area contributed by atoms with E-state index in [-0.39, 0.29) is 28.9 Å². The van der Waals surface area contributed by atoms with Crippen LogP contribution in [-0.2, 0) is 16.5 Å². The monoisotopic (exact) mass is 466 g/mol. The molecule has 1 atom stereocenters. The Bertz CT molecular complexity index is 1290. The molecule has 1 aliphatic rings. The van der Waals surface area contributed by atoms with E-state index in [0.29, 0.717) is 6.54 Å². The smallest absolute Gasteiger partial charge is 0.310 e. The summed E-state index contributed by atoms with van der Waals surface area (Å²) in [5.74, 6) is -0.634. The van der Waals surface area contributed by atoms with Gasteiger partial charge in [0.1, 0.15) is 5.54 Å². The highest BCUT2D eigenvalue weighted by Crippen LogP contribution is 2.49. The lowest BCUT2D eigenvalue weighted by atomic mass is 9.81. The zero-order valence-corrected chi connectivity index (χ0v) is 19.0. The van der Waals surface area contributed by atoms with Crippen LogP contribution < -0.4 is 10.6 Å². The number of nitrogens with two attached hydrogens (primary N) is 1. The molecule has 4 rings (SSSR count). The quantitative estimate of drug-likeness (QED) is 0.575. The number of amides is 1. The predicted octanol–water partition coefficient (Wildman–Crippen LogP) is 4.62. The summed E-state index contributed by atoms with van der Waals surface area (Å²) >= 11 is 0. The first-order valence-electron chi connectivity index (χ1n) is 11.1. The number of hydrogen-bond donors (Lipinski definition) is 1. The summed E-state index contributed by atoms with van der Waals surface area (Å²) in [4.78, 5) is 17.2. The fraction of sp³-hybridized carbons (Fsp3) is 0.308. The summed E-state index contributed by atoms with van der Waals surface area (Å²) in [5, 5.41) is 11.1. The Kier molecular flexibility index (Phi) is 6.11. The molecule has 0 saturated heterocycles. The molecular weight excluding hydrogens is 441 g/mol.